The summed E-state index contributed by atoms with van der Waals surface area (Å²) in [6.45, 7) is 4.94. The molecule has 2 amide bonds. The molecule has 1 rings (SSSR count). The number of carbonyl (C=O) groups is 3. The number of unbranched alkanes of at least 4 members (excludes halogenated alkanes) is 1. The Morgan fingerprint density at radius 2 is 1.96 bits per heavy atom. The van der Waals surface area contributed by atoms with E-state index in [9.17, 15) is 19.5 Å². The fourth-order valence-electron chi connectivity index (χ4n) is 3.14. The van der Waals surface area contributed by atoms with Gasteiger partial charge >= 0.3 is 5.97 Å². The van der Waals surface area contributed by atoms with E-state index in [-0.39, 0.29) is 11.8 Å². The zero-order valence-corrected chi connectivity index (χ0v) is 15.2. The fourth-order valence-corrected chi connectivity index (χ4v) is 3.14. The largest absolute Gasteiger partial charge is 0.480 e. The summed E-state index contributed by atoms with van der Waals surface area (Å²) in [6.07, 6.45) is 3.45. The maximum absolute atomic E-state index is 12.5. The molecule has 0 unspecified atom stereocenters. The number of carboxylic acids is 1. The van der Waals surface area contributed by atoms with Crippen LogP contribution in [0, 0.1) is 5.92 Å². The number of nitrogens with two attached hydrogens (primary N) is 2. The van der Waals surface area contributed by atoms with Crippen molar-refractivity contribution in [1.29, 1.82) is 0 Å². The molecular formula is C17H32N4O4. The number of nitrogens with one attached hydrogen (secondary N) is 1. The lowest BCUT2D eigenvalue weighted by molar-refractivity contribution is -0.144. The molecule has 0 aromatic rings. The van der Waals surface area contributed by atoms with E-state index in [0.29, 0.717) is 51.6 Å². The first-order valence-electron chi connectivity index (χ1n) is 9.07. The summed E-state index contributed by atoms with van der Waals surface area (Å²) in [6, 6.07) is -2.23. The average Bonchev–Trinajstić information content (AvgIpc) is 3.01. The van der Waals surface area contributed by atoms with Crippen LogP contribution < -0.4 is 16.8 Å². The van der Waals surface area contributed by atoms with E-state index in [4.69, 9.17) is 11.5 Å². The van der Waals surface area contributed by atoms with E-state index in [1.54, 1.807) is 0 Å². The maximum Gasteiger partial charge on any atom is 0.326 e. The molecule has 1 aliphatic heterocycles. The van der Waals surface area contributed by atoms with Crippen molar-refractivity contribution in [2.24, 2.45) is 17.4 Å². The second-order valence-corrected chi connectivity index (χ2v) is 7.11. The summed E-state index contributed by atoms with van der Waals surface area (Å²) < 4.78 is 0. The number of hydrogen-bond donors (Lipinski definition) is 4. The van der Waals surface area contributed by atoms with Gasteiger partial charge in [0.15, 0.2) is 0 Å². The van der Waals surface area contributed by atoms with Gasteiger partial charge in [-0.2, -0.15) is 0 Å². The molecule has 8 heteroatoms. The molecule has 0 bridgehead atoms. The number of amides is 2. The third-order valence-corrected chi connectivity index (χ3v) is 4.44. The summed E-state index contributed by atoms with van der Waals surface area (Å²) in [5.41, 5.74) is 11.4. The topological polar surface area (TPSA) is 139 Å². The molecule has 0 radical (unpaired) electrons. The minimum atomic E-state index is -1.07. The van der Waals surface area contributed by atoms with Gasteiger partial charge in [-0.1, -0.05) is 13.8 Å². The maximum atomic E-state index is 12.5. The first-order valence-corrected chi connectivity index (χ1v) is 9.07. The monoisotopic (exact) mass is 356 g/mol. The molecule has 0 aromatic carbocycles. The van der Waals surface area contributed by atoms with Crippen molar-refractivity contribution in [3.05, 3.63) is 0 Å². The number of carboxylic acid groups (broad SMARTS) is 1. The number of nitrogens with zero attached hydrogens (tertiary/aromatic N) is 1. The molecule has 1 fully saturated rings. The van der Waals surface area contributed by atoms with E-state index < -0.39 is 30.0 Å². The molecular weight excluding hydrogens is 324 g/mol. The van der Waals surface area contributed by atoms with Crippen LogP contribution in [0.1, 0.15) is 52.4 Å². The average molecular weight is 356 g/mol. The molecule has 0 saturated carbocycles. The van der Waals surface area contributed by atoms with Gasteiger partial charge in [0.1, 0.15) is 12.1 Å². The lowest BCUT2D eigenvalue weighted by Gasteiger charge is -2.28. The Balaban J connectivity index is 2.68. The van der Waals surface area contributed by atoms with Crippen molar-refractivity contribution in [1.82, 2.24) is 10.2 Å². The summed E-state index contributed by atoms with van der Waals surface area (Å²) in [5, 5.41) is 11.8. The van der Waals surface area contributed by atoms with Crippen LogP contribution in [0.5, 0.6) is 0 Å². The lowest BCUT2D eigenvalue weighted by Crippen LogP contribution is -2.54. The van der Waals surface area contributed by atoms with Gasteiger partial charge in [-0.25, -0.2) is 4.79 Å². The highest BCUT2D eigenvalue weighted by Crippen LogP contribution is 2.20. The smallest absolute Gasteiger partial charge is 0.326 e. The van der Waals surface area contributed by atoms with Crippen LogP contribution in [0.25, 0.3) is 0 Å². The molecule has 0 aromatic heterocycles. The van der Waals surface area contributed by atoms with Crippen LogP contribution in [0.4, 0.5) is 0 Å². The number of hydrogen-bond acceptors (Lipinski definition) is 5. The summed E-state index contributed by atoms with van der Waals surface area (Å²) >= 11 is 0. The Bertz CT molecular complexity index is 470. The minimum Gasteiger partial charge on any atom is -0.480 e. The zero-order chi connectivity index (χ0) is 19.0. The molecule has 25 heavy (non-hydrogen) atoms. The predicted molar refractivity (Wildman–Crippen MR) is 94.6 cm³/mol. The van der Waals surface area contributed by atoms with Crippen LogP contribution in [0.3, 0.4) is 0 Å². The van der Waals surface area contributed by atoms with Crippen molar-refractivity contribution in [2.75, 3.05) is 13.1 Å². The molecule has 0 aliphatic carbocycles. The fraction of sp³-hybridized carbons (Fsp3) is 0.824. The zero-order valence-electron chi connectivity index (χ0n) is 15.2. The Morgan fingerprint density at radius 1 is 1.28 bits per heavy atom. The standard InChI is InChI=1S/C17H32N4O4/c1-11(2)10-12(19)16(23)21-9-5-7-14(21)15(22)20-13(17(24)25)6-3-4-8-18/h11-14H,3-10,18-19H2,1-2H3,(H,20,22)(H,24,25)/t12-,13-,14-/m0/s1. The molecule has 8 nitrogen and oxygen atoms in total. The predicted octanol–water partition coefficient (Wildman–Crippen LogP) is 0.0492. The van der Waals surface area contributed by atoms with Crippen LogP contribution in [-0.4, -0.2) is 59.0 Å². The Kier molecular flexibility index (Phi) is 8.85. The quantitative estimate of drug-likeness (QED) is 0.408. The summed E-state index contributed by atoms with van der Waals surface area (Å²) in [7, 11) is 0. The van der Waals surface area contributed by atoms with Gasteiger partial charge in [0.25, 0.3) is 0 Å². The van der Waals surface area contributed by atoms with E-state index >= 15 is 0 Å². The van der Waals surface area contributed by atoms with Gasteiger partial charge in [0.05, 0.1) is 6.04 Å². The first-order chi connectivity index (χ1) is 11.8. The van der Waals surface area contributed by atoms with Crippen molar-refractivity contribution >= 4 is 17.8 Å². The Labute approximate surface area is 149 Å². The van der Waals surface area contributed by atoms with Gasteiger partial charge in [-0.15, -0.1) is 0 Å². The van der Waals surface area contributed by atoms with Gasteiger partial charge < -0.3 is 26.8 Å². The van der Waals surface area contributed by atoms with Gasteiger partial charge in [-0.3, -0.25) is 9.59 Å². The van der Waals surface area contributed by atoms with Crippen LogP contribution in [0.15, 0.2) is 0 Å². The van der Waals surface area contributed by atoms with Gasteiger partial charge in [0, 0.05) is 6.54 Å². The number of likely N-dealkylation sites (tertiary alicyclic amines) is 1. The Hall–Kier alpha value is -1.67. The van der Waals surface area contributed by atoms with E-state index in [1.165, 1.54) is 4.90 Å². The van der Waals surface area contributed by atoms with Crippen molar-refractivity contribution in [3.8, 4) is 0 Å². The normalized spacial score (nSPS) is 19.7. The van der Waals surface area contributed by atoms with Crippen molar-refractivity contribution in [3.63, 3.8) is 0 Å². The van der Waals surface area contributed by atoms with Crippen LogP contribution >= 0.6 is 0 Å². The highest BCUT2D eigenvalue weighted by atomic mass is 16.4. The second-order valence-electron chi connectivity index (χ2n) is 7.11. The van der Waals surface area contributed by atoms with Crippen molar-refractivity contribution in [2.45, 2.75) is 70.5 Å². The summed E-state index contributed by atoms with van der Waals surface area (Å²) in [5.74, 6) is -1.44. The first kappa shape index (κ1) is 21.4. The van der Waals surface area contributed by atoms with Gasteiger partial charge in [0.2, 0.25) is 11.8 Å². The van der Waals surface area contributed by atoms with Crippen LogP contribution in [0.2, 0.25) is 0 Å². The lowest BCUT2D eigenvalue weighted by atomic mass is 10.0. The molecule has 1 aliphatic rings. The second kappa shape index (κ2) is 10.4. The third-order valence-electron chi connectivity index (χ3n) is 4.44. The molecule has 3 atom stereocenters. The third kappa shape index (κ3) is 6.62. The highest BCUT2D eigenvalue weighted by molar-refractivity contribution is 5.92. The molecule has 144 valence electrons. The van der Waals surface area contributed by atoms with E-state index in [0.717, 1.165) is 0 Å². The Morgan fingerprint density at radius 3 is 2.52 bits per heavy atom. The molecule has 6 N–H and O–H groups in total. The molecule has 1 heterocycles. The highest BCUT2D eigenvalue weighted by Gasteiger charge is 2.37. The number of aliphatic carboxylic acids is 1. The SMILES string of the molecule is CC(C)C[C@H](N)C(=O)N1CCC[C@H]1C(=O)N[C@@H](CCCCN)C(=O)O. The summed E-state index contributed by atoms with van der Waals surface area (Å²) in [4.78, 5) is 37.9. The number of rotatable bonds is 10. The van der Waals surface area contributed by atoms with Crippen molar-refractivity contribution < 1.29 is 19.5 Å². The minimum absolute atomic E-state index is 0.235. The van der Waals surface area contributed by atoms with E-state index in [1.807, 2.05) is 13.8 Å². The molecule has 1 saturated heterocycles. The van der Waals surface area contributed by atoms with E-state index in [2.05, 4.69) is 5.32 Å². The molecule has 0 spiro atoms. The number of carbonyl (C=O) groups excluding carboxylic acids is 2. The van der Waals surface area contributed by atoms with Crippen LogP contribution in [-0.2, 0) is 14.4 Å². The van der Waals surface area contributed by atoms with Gasteiger partial charge in [-0.05, 0) is 51.0 Å².